The van der Waals surface area contributed by atoms with Crippen molar-refractivity contribution in [2.45, 2.75) is 53.1 Å². The van der Waals surface area contributed by atoms with Crippen LogP contribution in [0.4, 0.5) is 0 Å². The summed E-state index contributed by atoms with van der Waals surface area (Å²) in [5, 5.41) is 14.5. The number of tetrazole rings is 1. The first kappa shape index (κ1) is 24.0. The Morgan fingerprint density at radius 1 is 0.974 bits per heavy atom. The van der Waals surface area contributed by atoms with Gasteiger partial charge in [0, 0.05) is 25.1 Å². The molecule has 1 aliphatic rings. The molecule has 0 radical (unpaired) electrons. The van der Waals surface area contributed by atoms with Crippen molar-refractivity contribution in [2.75, 3.05) is 0 Å². The van der Waals surface area contributed by atoms with Crippen LogP contribution in [0.1, 0.15) is 45.0 Å². The van der Waals surface area contributed by atoms with E-state index in [1.165, 1.54) is 0 Å². The summed E-state index contributed by atoms with van der Waals surface area (Å²) in [6.07, 6.45) is 2.88. The topological polar surface area (TPSA) is 127 Å². The van der Waals surface area contributed by atoms with E-state index in [0.29, 0.717) is 42.4 Å². The molecule has 0 atom stereocenters. The van der Waals surface area contributed by atoms with Gasteiger partial charge >= 0.3 is 5.69 Å². The van der Waals surface area contributed by atoms with Crippen LogP contribution < -0.4 is 11.2 Å². The van der Waals surface area contributed by atoms with Gasteiger partial charge in [-0.05, 0) is 46.1 Å². The zero-order valence-electron chi connectivity index (χ0n) is 21.7. The van der Waals surface area contributed by atoms with E-state index < -0.39 is 5.56 Å². The average Bonchev–Trinajstić information content (AvgIpc) is 3.40. The maximum atomic E-state index is 13.1. The molecule has 5 aromatic rings. The molecule has 194 valence electrons. The van der Waals surface area contributed by atoms with Crippen LogP contribution in [0.25, 0.3) is 33.7 Å². The lowest BCUT2D eigenvalue weighted by Gasteiger charge is -2.18. The molecule has 2 aromatic carbocycles. The number of hydrogen-bond acceptors (Lipinski definition) is 6. The highest BCUT2D eigenvalue weighted by Crippen LogP contribution is 2.32. The Kier molecular flexibility index (Phi) is 5.81. The molecule has 38 heavy (non-hydrogen) atoms. The van der Waals surface area contributed by atoms with E-state index in [1.807, 2.05) is 28.8 Å². The quantitative estimate of drug-likeness (QED) is 0.343. The largest absolute Gasteiger partial charge is 0.330 e. The van der Waals surface area contributed by atoms with Gasteiger partial charge in [0.1, 0.15) is 5.82 Å². The Morgan fingerprint density at radius 2 is 1.71 bits per heavy atom. The van der Waals surface area contributed by atoms with Gasteiger partial charge in [0.25, 0.3) is 5.56 Å². The molecule has 3 heterocycles. The van der Waals surface area contributed by atoms with Gasteiger partial charge in [0.2, 0.25) is 5.82 Å². The van der Waals surface area contributed by atoms with Crippen LogP contribution in [0.3, 0.4) is 0 Å². The fourth-order valence-electron chi connectivity index (χ4n) is 4.90. The molecule has 0 aliphatic heterocycles. The predicted octanol–water partition coefficient (Wildman–Crippen LogP) is 3.78. The molecule has 0 unspecified atom stereocenters. The summed E-state index contributed by atoms with van der Waals surface area (Å²) in [7, 11) is 0. The van der Waals surface area contributed by atoms with Gasteiger partial charge in [-0.3, -0.25) is 14.3 Å². The number of benzene rings is 2. The van der Waals surface area contributed by atoms with Gasteiger partial charge in [-0.2, -0.15) is 5.21 Å². The van der Waals surface area contributed by atoms with E-state index in [1.54, 1.807) is 4.57 Å². The SMILES string of the molecule is CC(C)(C)Cc1nc2c(c(=O)[nH]c(=O)n2CC2CC2)n1Cc1ccc(-c2ccccc2-c2nn[nH]n2)cc1. The van der Waals surface area contributed by atoms with Gasteiger partial charge < -0.3 is 4.57 Å². The van der Waals surface area contributed by atoms with Crippen LogP contribution in [-0.2, 0) is 19.5 Å². The van der Waals surface area contributed by atoms with E-state index in [9.17, 15) is 9.59 Å². The molecular weight excluding hydrogens is 480 g/mol. The van der Waals surface area contributed by atoms with Gasteiger partial charge in [0.15, 0.2) is 11.2 Å². The summed E-state index contributed by atoms with van der Waals surface area (Å²) in [4.78, 5) is 33.2. The number of aromatic nitrogens is 8. The fraction of sp³-hybridized carbons (Fsp3) is 0.357. The summed E-state index contributed by atoms with van der Waals surface area (Å²) >= 11 is 0. The molecule has 6 rings (SSSR count). The molecule has 1 fully saturated rings. The fourth-order valence-corrected chi connectivity index (χ4v) is 4.90. The molecule has 0 bridgehead atoms. The lowest BCUT2D eigenvalue weighted by molar-refractivity contribution is 0.394. The number of H-pyrrole nitrogens is 2. The summed E-state index contributed by atoms with van der Waals surface area (Å²) < 4.78 is 3.62. The van der Waals surface area contributed by atoms with E-state index in [2.05, 4.69) is 70.6 Å². The normalized spacial score (nSPS) is 13.9. The Balaban J connectivity index is 1.40. The first-order valence-corrected chi connectivity index (χ1v) is 12.9. The van der Waals surface area contributed by atoms with Crippen molar-refractivity contribution in [3.63, 3.8) is 0 Å². The molecule has 10 heteroatoms. The minimum Gasteiger partial charge on any atom is -0.318 e. The zero-order chi connectivity index (χ0) is 26.4. The van der Waals surface area contributed by atoms with E-state index >= 15 is 0 Å². The lowest BCUT2D eigenvalue weighted by Crippen LogP contribution is -2.31. The maximum Gasteiger partial charge on any atom is 0.330 e. The third kappa shape index (κ3) is 4.69. The second kappa shape index (κ2) is 9.20. The number of fused-ring (bicyclic) bond motifs is 1. The number of nitrogens with zero attached hydrogens (tertiary/aromatic N) is 6. The van der Waals surface area contributed by atoms with Crippen molar-refractivity contribution in [3.05, 3.63) is 80.8 Å². The van der Waals surface area contributed by atoms with E-state index in [-0.39, 0.29) is 11.1 Å². The lowest BCUT2D eigenvalue weighted by atomic mass is 9.92. The van der Waals surface area contributed by atoms with E-state index in [4.69, 9.17) is 4.98 Å². The van der Waals surface area contributed by atoms with Gasteiger partial charge in [-0.1, -0.05) is 69.3 Å². The molecule has 0 amide bonds. The minimum absolute atomic E-state index is 0.0454. The van der Waals surface area contributed by atoms with Crippen molar-refractivity contribution in [2.24, 2.45) is 11.3 Å². The first-order valence-electron chi connectivity index (χ1n) is 12.9. The van der Waals surface area contributed by atoms with Crippen molar-refractivity contribution < 1.29 is 0 Å². The third-order valence-electron chi connectivity index (χ3n) is 6.91. The molecular formula is C28H30N8O2. The summed E-state index contributed by atoms with van der Waals surface area (Å²) in [5.41, 5.74) is 4.06. The van der Waals surface area contributed by atoms with Crippen LogP contribution in [0.5, 0.6) is 0 Å². The predicted molar refractivity (Wildman–Crippen MR) is 145 cm³/mol. The summed E-state index contributed by atoms with van der Waals surface area (Å²) in [6.45, 7) is 7.50. The van der Waals surface area contributed by atoms with Crippen molar-refractivity contribution in [1.29, 1.82) is 0 Å². The van der Waals surface area contributed by atoms with Crippen LogP contribution in [0.15, 0.2) is 58.1 Å². The number of rotatable bonds is 7. The Hall–Kier alpha value is -4.34. The highest BCUT2D eigenvalue weighted by atomic mass is 16.2. The molecule has 0 saturated heterocycles. The average molecular weight is 511 g/mol. The smallest absolute Gasteiger partial charge is 0.318 e. The minimum atomic E-state index is -0.393. The molecule has 1 saturated carbocycles. The number of aromatic amines is 2. The summed E-state index contributed by atoms with van der Waals surface area (Å²) in [6, 6.07) is 16.2. The van der Waals surface area contributed by atoms with Crippen LogP contribution in [0.2, 0.25) is 0 Å². The Labute approximate surface area is 218 Å². The van der Waals surface area contributed by atoms with Crippen LogP contribution >= 0.6 is 0 Å². The second-order valence-corrected chi connectivity index (χ2v) is 11.3. The van der Waals surface area contributed by atoms with Gasteiger partial charge in [-0.25, -0.2) is 9.78 Å². The molecule has 10 nitrogen and oxygen atoms in total. The first-order chi connectivity index (χ1) is 18.3. The summed E-state index contributed by atoms with van der Waals surface area (Å²) in [5.74, 6) is 1.82. The second-order valence-electron chi connectivity index (χ2n) is 11.3. The van der Waals surface area contributed by atoms with Gasteiger partial charge in [0.05, 0.1) is 0 Å². The zero-order valence-corrected chi connectivity index (χ0v) is 21.7. The Morgan fingerprint density at radius 3 is 2.37 bits per heavy atom. The van der Waals surface area contributed by atoms with Gasteiger partial charge in [-0.15, -0.1) is 10.2 Å². The van der Waals surface area contributed by atoms with Crippen molar-refractivity contribution in [3.8, 4) is 22.5 Å². The highest BCUT2D eigenvalue weighted by Gasteiger charge is 2.27. The Bertz CT molecular complexity index is 1720. The van der Waals surface area contributed by atoms with Crippen LogP contribution in [0, 0.1) is 11.3 Å². The van der Waals surface area contributed by atoms with Crippen LogP contribution in [-0.4, -0.2) is 39.7 Å². The maximum absolute atomic E-state index is 13.1. The number of imidazole rings is 1. The molecule has 2 N–H and O–H groups in total. The highest BCUT2D eigenvalue weighted by molar-refractivity contribution is 5.80. The molecule has 3 aromatic heterocycles. The van der Waals surface area contributed by atoms with Crippen molar-refractivity contribution >= 4 is 11.2 Å². The third-order valence-corrected chi connectivity index (χ3v) is 6.91. The number of hydrogen-bond donors (Lipinski definition) is 2. The number of nitrogens with one attached hydrogen (secondary N) is 2. The molecule has 0 spiro atoms. The monoisotopic (exact) mass is 510 g/mol. The standard InChI is InChI=1S/C28H30N8O2/c1-28(2,3)14-22-29-25-23(26(37)30-27(38)36(25)16-17-8-9-17)35(22)15-18-10-12-19(13-11-18)20-6-4-5-7-21(20)24-31-33-34-32-24/h4-7,10-13,17H,8-9,14-16H2,1-3H3,(H,30,37,38)(H,31,32,33,34). The molecule has 1 aliphatic carbocycles. The van der Waals surface area contributed by atoms with E-state index in [0.717, 1.165) is 40.9 Å². The van der Waals surface area contributed by atoms with Crippen molar-refractivity contribution in [1.82, 2.24) is 39.7 Å².